The minimum atomic E-state index is -0.167. The predicted octanol–water partition coefficient (Wildman–Crippen LogP) is 3.80. The molecule has 0 aliphatic carbocycles. The molecule has 1 unspecified atom stereocenters. The molecular weight excluding hydrogens is 252 g/mol. The SMILES string of the molecule is CCOCC(Cl)c1ccc(OCC)c(OCC)c1. The fourth-order valence-electron chi connectivity index (χ4n) is 1.58. The van der Waals surface area contributed by atoms with Crippen molar-refractivity contribution in [2.75, 3.05) is 26.4 Å². The van der Waals surface area contributed by atoms with Crippen LogP contribution >= 0.6 is 11.6 Å². The fourth-order valence-corrected chi connectivity index (χ4v) is 1.80. The minimum absolute atomic E-state index is 0.167. The van der Waals surface area contributed by atoms with E-state index >= 15 is 0 Å². The quantitative estimate of drug-likeness (QED) is 0.674. The Morgan fingerprint density at radius 3 is 2.28 bits per heavy atom. The molecule has 102 valence electrons. The number of halogens is 1. The summed E-state index contributed by atoms with van der Waals surface area (Å²) in [6.07, 6.45) is 0. The standard InChI is InChI=1S/C14H21ClO3/c1-4-16-10-12(15)11-7-8-13(17-5-2)14(9-11)18-6-3/h7-9,12H,4-6,10H2,1-3H3. The van der Waals surface area contributed by atoms with E-state index in [4.69, 9.17) is 25.8 Å². The molecule has 0 amide bonds. The lowest BCUT2D eigenvalue weighted by molar-refractivity contribution is 0.147. The summed E-state index contributed by atoms with van der Waals surface area (Å²) in [7, 11) is 0. The van der Waals surface area contributed by atoms with Crippen molar-refractivity contribution in [3.05, 3.63) is 23.8 Å². The van der Waals surface area contributed by atoms with Crippen LogP contribution in [0.2, 0.25) is 0 Å². The Hall–Kier alpha value is -0.930. The second-order valence-corrected chi connectivity index (χ2v) is 4.23. The van der Waals surface area contributed by atoms with Crippen molar-refractivity contribution in [3.63, 3.8) is 0 Å². The van der Waals surface area contributed by atoms with Crippen LogP contribution in [-0.4, -0.2) is 26.4 Å². The van der Waals surface area contributed by atoms with Crippen LogP contribution < -0.4 is 9.47 Å². The zero-order valence-electron chi connectivity index (χ0n) is 11.2. The lowest BCUT2D eigenvalue weighted by Gasteiger charge is -2.15. The van der Waals surface area contributed by atoms with Crippen molar-refractivity contribution in [2.24, 2.45) is 0 Å². The summed E-state index contributed by atoms with van der Waals surface area (Å²) in [4.78, 5) is 0. The van der Waals surface area contributed by atoms with E-state index < -0.39 is 0 Å². The average Bonchev–Trinajstić information content (AvgIpc) is 2.38. The second kappa shape index (κ2) is 8.22. The molecule has 4 heteroatoms. The molecule has 0 aromatic heterocycles. The lowest BCUT2D eigenvalue weighted by atomic mass is 10.1. The molecule has 0 saturated heterocycles. The number of benzene rings is 1. The lowest BCUT2D eigenvalue weighted by Crippen LogP contribution is -2.04. The van der Waals surface area contributed by atoms with Crippen molar-refractivity contribution in [1.82, 2.24) is 0 Å². The first-order chi connectivity index (χ1) is 8.72. The average molecular weight is 273 g/mol. The molecule has 18 heavy (non-hydrogen) atoms. The molecule has 3 nitrogen and oxygen atoms in total. The van der Waals surface area contributed by atoms with Crippen molar-refractivity contribution in [3.8, 4) is 11.5 Å². The Balaban J connectivity index is 2.84. The first-order valence-corrected chi connectivity index (χ1v) is 6.77. The number of ether oxygens (including phenoxy) is 3. The number of hydrogen-bond acceptors (Lipinski definition) is 3. The van der Waals surface area contributed by atoms with E-state index in [1.807, 2.05) is 39.0 Å². The maximum absolute atomic E-state index is 6.27. The van der Waals surface area contributed by atoms with Gasteiger partial charge in [0.25, 0.3) is 0 Å². The zero-order chi connectivity index (χ0) is 13.4. The third-order valence-electron chi connectivity index (χ3n) is 2.40. The van der Waals surface area contributed by atoms with Gasteiger partial charge in [0.15, 0.2) is 11.5 Å². The summed E-state index contributed by atoms with van der Waals surface area (Å²) < 4.78 is 16.4. The van der Waals surface area contributed by atoms with Gasteiger partial charge in [0.05, 0.1) is 25.2 Å². The van der Waals surface area contributed by atoms with E-state index in [0.29, 0.717) is 26.4 Å². The molecule has 0 bridgehead atoms. The molecule has 0 fully saturated rings. The van der Waals surface area contributed by atoms with Crippen LogP contribution in [0.5, 0.6) is 11.5 Å². The molecule has 0 aliphatic heterocycles. The minimum Gasteiger partial charge on any atom is -0.490 e. The van der Waals surface area contributed by atoms with Crippen LogP contribution in [0.4, 0.5) is 0 Å². The first kappa shape index (κ1) is 15.1. The van der Waals surface area contributed by atoms with E-state index in [1.165, 1.54) is 0 Å². The summed E-state index contributed by atoms with van der Waals surface area (Å²) in [6.45, 7) is 8.22. The van der Waals surface area contributed by atoms with Crippen molar-refractivity contribution in [2.45, 2.75) is 26.1 Å². The molecule has 0 N–H and O–H groups in total. The van der Waals surface area contributed by atoms with Crippen LogP contribution in [0.3, 0.4) is 0 Å². The Bertz CT molecular complexity index is 355. The summed E-state index contributed by atoms with van der Waals surface area (Å²) in [5.41, 5.74) is 0.983. The van der Waals surface area contributed by atoms with Gasteiger partial charge in [0.2, 0.25) is 0 Å². The van der Waals surface area contributed by atoms with Gasteiger partial charge in [0.1, 0.15) is 0 Å². The van der Waals surface area contributed by atoms with Crippen LogP contribution in [0.25, 0.3) is 0 Å². The van der Waals surface area contributed by atoms with E-state index in [1.54, 1.807) is 0 Å². The van der Waals surface area contributed by atoms with Gasteiger partial charge in [-0.3, -0.25) is 0 Å². The topological polar surface area (TPSA) is 27.7 Å². The van der Waals surface area contributed by atoms with Crippen LogP contribution in [-0.2, 0) is 4.74 Å². The van der Waals surface area contributed by atoms with Crippen LogP contribution in [0.1, 0.15) is 31.7 Å². The maximum atomic E-state index is 6.27. The van der Waals surface area contributed by atoms with Gasteiger partial charge < -0.3 is 14.2 Å². The highest BCUT2D eigenvalue weighted by Gasteiger charge is 2.12. The summed E-state index contributed by atoms with van der Waals surface area (Å²) in [6, 6.07) is 5.76. The third-order valence-corrected chi connectivity index (χ3v) is 2.78. The zero-order valence-corrected chi connectivity index (χ0v) is 12.0. The van der Waals surface area contributed by atoms with Gasteiger partial charge in [-0.15, -0.1) is 11.6 Å². The molecule has 0 aliphatic rings. The van der Waals surface area contributed by atoms with E-state index in [9.17, 15) is 0 Å². The normalized spacial score (nSPS) is 12.2. The Morgan fingerprint density at radius 2 is 1.67 bits per heavy atom. The number of rotatable bonds is 8. The van der Waals surface area contributed by atoms with E-state index in [0.717, 1.165) is 17.1 Å². The van der Waals surface area contributed by atoms with Gasteiger partial charge in [0, 0.05) is 6.61 Å². The Kier molecular flexibility index (Phi) is 6.91. The Labute approximate surface area is 114 Å². The summed E-state index contributed by atoms with van der Waals surface area (Å²) in [5.74, 6) is 1.49. The van der Waals surface area contributed by atoms with Gasteiger partial charge >= 0.3 is 0 Å². The second-order valence-electron chi connectivity index (χ2n) is 3.70. The molecule has 1 rings (SSSR count). The molecule has 0 radical (unpaired) electrons. The van der Waals surface area contributed by atoms with Gasteiger partial charge in [-0.2, -0.15) is 0 Å². The predicted molar refractivity (Wildman–Crippen MR) is 73.9 cm³/mol. The number of hydrogen-bond donors (Lipinski definition) is 0. The largest absolute Gasteiger partial charge is 0.490 e. The highest BCUT2D eigenvalue weighted by Crippen LogP contribution is 2.32. The molecule has 0 saturated carbocycles. The van der Waals surface area contributed by atoms with Gasteiger partial charge in [-0.05, 0) is 38.5 Å². The van der Waals surface area contributed by atoms with Gasteiger partial charge in [-0.25, -0.2) is 0 Å². The highest BCUT2D eigenvalue weighted by atomic mass is 35.5. The van der Waals surface area contributed by atoms with Crippen molar-refractivity contribution < 1.29 is 14.2 Å². The Morgan fingerprint density at radius 1 is 1.00 bits per heavy atom. The molecule has 1 aromatic carbocycles. The third kappa shape index (κ3) is 4.39. The molecule has 1 atom stereocenters. The first-order valence-electron chi connectivity index (χ1n) is 6.34. The molecule has 0 spiro atoms. The maximum Gasteiger partial charge on any atom is 0.161 e. The smallest absolute Gasteiger partial charge is 0.161 e. The highest BCUT2D eigenvalue weighted by molar-refractivity contribution is 6.20. The molecular formula is C14H21ClO3. The van der Waals surface area contributed by atoms with Gasteiger partial charge in [-0.1, -0.05) is 6.07 Å². The number of alkyl halides is 1. The van der Waals surface area contributed by atoms with E-state index in [2.05, 4.69) is 0 Å². The van der Waals surface area contributed by atoms with Crippen molar-refractivity contribution >= 4 is 11.6 Å². The molecule has 0 heterocycles. The summed E-state index contributed by atoms with van der Waals surface area (Å²) >= 11 is 6.27. The van der Waals surface area contributed by atoms with E-state index in [-0.39, 0.29) is 5.38 Å². The monoisotopic (exact) mass is 272 g/mol. The van der Waals surface area contributed by atoms with Crippen LogP contribution in [0, 0.1) is 0 Å². The van der Waals surface area contributed by atoms with Crippen LogP contribution in [0.15, 0.2) is 18.2 Å². The van der Waals surface area contributed by atoms with Crippen molar-refractivity contribution in [1.29, 1.82) is 0 Å². The summed E-state index contributed by atoms with van der Waals surface area (Å²) in [5, 5.41) is -0.167. The fraction of sp³-hybridized carbons (Fsp3) is 0.571. The molecule has 1 aromatic rings.